The number of rotatable bonds is 12. The van der Waals surface area contributed by atoms with Crippen LogP contribution in [0.3, 0.4) is 0 Å². The van der Waals surface area contributed by atoms with Gasteiger partial charge in [0.25, 0.3) is 0 Å². The third-order valence-corrected chi connectivity index (χ3v) is 2.98. The van der Waals surface area contributed by atoms with Gasteiger partial charge in [0.2, 0.25) is 0 Å². The van der Waals surface area contributed by atoms with Gasteiger partial charge in [-0.1, -0.05) is 68.6 Å². The molecule has 0 atom stereocenters. The van der Waals surface area contributed by atoms with E-state index in [1.165, 1.54) is 51.9 Å². The van der Waals surface area contributed by atoms with Crippen LogP contribution in [-0.2, 0) is 9.53 Å². The highest BCUT2D eigenvalue weighted by atomic mass is 16.5. The third-order valence-electron chi connectivity index (χ3n) is 2.98. The van der Waals surface area contributed by atoms with Crippen LogP contribution in [0.15, 0.2) is 36.5 Å². The summed E-state index contributed by atoms with van der Waals surface area (Å²) < 4.78 is 4.89. The highest BCUT2D eigenvalue weighted by molar-refractivity contribution is 5.65. The molecule has 0 saturated heterocycles. The molecule has 0 aromatic heterocycles. The van der Waals surface area contributed by atoms with E-state index >= 15 is 0 Å². The summed E-state index contributed by atoms with van der Waals surface area (Å²) in [6, 6.07) is 0. The van der Waals surface area contributed by atoms with Crippen molar-refractivity contribution in [1.82, 2.24) is 0 Å². The Morgan fingerprint density at radius 2 is 1.45 bits per heavy atom. The SMILES string of the molecule is CC=CC=CC=CCCCCCCCCCOC(C)=O. The second-order valence-corrected chi connectivity index (χ2v) is 4.94. The van der Waals surface area contributed by atoms with E-state index in [0.717, 1.165) is 6.42 Å². The summed E-state index contributed by atoms with van der Waals surface area (Å²) in [6.07, 6.45) is 22.3. The van der Waals surface area contributed by atoms with Gasteiger partial charge in [-0.05, 0) is 26.2 Å². The molecule has 0 aromatic carbocycles. The molecule has 0 heterocycles. The van der Waals surface area contributed by atoms with Crippen molar-refractivity contribution in [1.29, 1.82) is 0 Å². The number of hydrogen-bond acceptors (Lipinski definition) is 2. The molecule has 20 heavy (non-hydrogen) atoms. The number of allylic oxidation sites excluding steroid dienone is 6. The smallest absolute Gasteiger partial charge is 0.302 e. The Labute approximate surface area is 124 Å². The first-order valence-corrected chi connectivity index (χ1v) is 7.85. The fourth-order valence-corrected chi connectivity index (χ4v) is 1.88. The molecule has 0 amide bonds. The lowest BCUT2D eigenvalue weighted by Crippen LogP contribution is -1.99. The molecule has 0 unspecified atom stereocenters. The van der Waals surface area contributed by atoms with Gasteiger partial charge in [0.1, 0.15) is 0 Å². The van der Waals surface area contributed by atoms with Gasteiger partial charge in [0, 0.05) is 6.92 Å². The van der Waals surface area contributed by atoms with Crippen molar-refractivity contribution in [3.05, 3.63) is 36.5 Å². The molecule has 0 aliphatic heterocycles. The minimum absolute atomic E-state index is 0.168. The van der Waals surface area contributed by atoms with E-state index in [0.29, 0.717) is 6.61 Å². The number of carbonyl (C=O) groups is 1. The standard InChI is InChI=1S/C18H30O2/c1-3-4-5-6-7-8-9-10-11-12-13-14-15-16-17-20-18(2)19/h3-8H,9-17H2,1-2H3. The fourth-order valence-electron chi connectivity index (χ4n) is 1.88. The Morgan fingerprint density at radius 1 is 0.850 bits per heavy atom. The molecule has 0 aromatic rings. The van der Waals surface area contributed by atoms with Crippen LogP contribution in [0, 0.1) is 0 Å². The molecular weight excluding hydrogens is 248 g/mol. The Balaban J connectivity index is 3.15. The van der Waals surface area contributed by atoms with Crippen molar-refractivity contribution in [3.8, 4) is 0 Å². The second kappa shape index (κ2) is 15.7. The van der Waals surface area contributed by atoms with E-state index in [2.05, 4.69) is 18.2 Å². The van der Waals surface area contributed by atoms with Crippen molar-refractivity contribution in [2.24, 2.45) is 0 Å². The Bertz CT molecular complexity index is 301. The molecule has 0 bridgehead atoms. The zero-order valence-electron chi connectivity index (χ0n) is 13.1. The average Bonchev–Trinajstić information content (AvgIpc) is 2.43. The van der Waals surface area contributed by atoms with Crippen LogP contribution in [0.1, 0.15) is 65.2 Å². The second-order valence-electron chi connectivity index (χ2n) is 4.94. The first kappa shape index (κ1) is 18.7. The summed E-state index contributed by atoms with van der Waals surface area (Å²) in [7, 11) is 0. The molecule has 0 aliphatic carbocycles. The lowest BCUT2D eigenvalue weighted by atomic mass is 10.1. The van der Waals surface area contributed by atoms with E-state index in [-0.39, 0.29) is 5.97 Å². The molecule has 0 aliphatic rings. The summed E-state index contributed by atoms with van der Waals surface area (Å²) in [6.45, 7) is 4.07. The van der Waals surface area contributed by atoms with Gasteiger partial charge >= 0.3 is 5.97 Å². The van der Waals surface area contributed by atoms with Gasteiger partial charge in [-0.3, -0.25) is 4.79 Å². The Hall–Kier alpha value is -1.31. The van der Waals surface area contributed by atoms with Gasteiger partial charge in [0.15, 0.2) is 0 Å². The lowest BCUT2D eigenvalue weighted by molar-refractivity contribution is -0.141. The molecule has 0 radical (unpaired) electrons. The van der Waals surface area contributed by atoms with Crippen LogP contribution in [0.5, 0.6) is 0 Å². The topological polar surface area (TPSA) is 26.3 Å². The monoisotopic (exact) mass is 278 g/mol. The largest absolute Gasteiger partial charge is 0.466 e. The van der Waals surface area contributed by atoms with Crippen molar-refractivity contribution < 1.29 is 9.53 Å². The maximum atomic E-state index is 10.5. The third kappa shape index (κ3) is 16.7. The highest BCUT2D eigenvalue weighted by Gasteiger charge is 1.94. The number of ether oxygens (including phenoxy) is 1. The van der Waals surface area contributed by atoms with E-state index in [4.69, 9.17) is 4.74 Å². The van der Waals surface area contributed by atoms with Crippen LogP contribution < -0.4 is 0 Å². The van der Waals surface area contributed by atoms with Gasteiger partial charge in [-0.2, -0.15) is 0 Å². The quantitative estimate of drug-likeness (QED) is 0.273. The fraction of sp³-hybridized carbons (Fsp3) is 0.611. The van der Waals surface area contributed by atoms with Crippen molar-refractivity contribution in [2.45, 2.75) is 65.2 Å². The minimum atomic E-state index is -0.168. The van der Waals surface area contributed by atoms with E-state index in [1.807, 2.05) is 25.2 Å². The van der Waals surface area contributed by atoms with Crippen LogP contribution in [0.25, 0.3) is 0 Å². The number of unbranched alkanes of at least 4 members (excludes halogenated alkanes) is 7. The molecule has 2 heteroatoms. The molecule has 0 rings (SSSR count). The summed E-state index contributed by atoms with van der Waals surface area (Å²) in [5.41, 5.74) is 0. The molecular formula is C18H30O2. The number of carbonyl (C=O) groups excluding carboxylic acids is 1. The summed E-state index contributed by atoms with van der Waals surface area (Å²) >= 11 is 0. The van der Waals surface area contributed by atoms with Gasteiger partial charge in [-0.15, -0.1) is 0 Å². The van der Waals surface area contributed by atoms with Crippen molar-refractivity contribution >= 4 is 5.97 Å². The van der Waals surface area contributed by atoms with E-state index < -0.39 is 0 Å². The molecule has 2 nitrogen and oxygen atoms in total. The van der Waals surface area contributed by atoms with Crippen molar-refractivity contribution in [2.75, 3.05) is 6.61 Å². The van der Waals surface area contributed by atoms with Gasteiger partial charge < -0.3 is 4.74 Å². The van der Waals surface area contributed by atoms with Crippen molar-refractivity contribution in [3.63, 3.8) is 0 Å². The lowest BCUT2D eigenvalue weighted by Gasteiger charge is -2.02. The van der Waals surface area contributed by atoms with Gasteiger partial charge in [0.05, 0.1) is 6.61 Å². The molecule has 0 N–H and O–H groups in total. The first-order chi connectivity index (χ1) is 9.77. The van der Waals surface area contributed by atoms with Gasteiger partial charge in [-0.25, -0.2) is 0 Å². The maximum Gasteiger partial charge on any atom is 0.302 e. The van der Waals surface area contributed by atoms with E-state index in [1.54, 1.807) is 0 Å². The number of hydrogen-bond donors (Lipinski definition) is 0. The predicted octanol–water partition coefficient (Wildman–Crippen LogP) is 5.36. The van der Waals surface area contributed by atoms with Crippen LogP contribution in [-0.4, -0.2) is 12.6 Å². The molecule has 0 fully saturated rings. The minimum Gasteiger partial charge on any atom is -0.466 e. The Morgan fingerprint density at radius 3 is 2.10 bits per heavy atom. The molecule has 0 spiro atoms. The molecule has 0 saturated carbocycles. The summed E-state index contributed by atoms with van der Waals surface area (Å²) in [4.78, 5) is 10.5. The van der Waals surface area contributed by atoms with Crippen LogP contribution in [0.4, 0.5) is 0 Å². The first-order valence-electron chi connectivity index (χ1n) is 7.85. The van der Waals surface area contributed by atoms with Crippen LogP contribution >= 0.6 is 0 Å². The normalized spacial score (nSPS) is 11.9. The summed E-state index contributed by atoms with van der Waals surface area (Å²) in [5.74, 6) is -0.168. The average molecular weight is 278 g/mol. The Kier molecular flexibility index (Phi) is 14.7. The summed E-state index contributed by atoms with van der Waals surface area (Å²) in [5, 5.41) is 0. The van der Waals surface area contributed by atoms with Crippen LogP contribution in [0.2, 0.25) is 0 Å². The maximum absolute atomic E-state index is 10.5. The zero-order chi connectivity index (χ0) is 14.9. The zero-order valence-corrected chi connectivity index (χ0v) is 13.1. The molecule has 114 valence electrons. The van der Waals surface area contributed by atoms with E-state index in [9.17, 15) is 4.79 Å². The predicted molar refractivity (Wildman–Crippen MR) is 86.7 cm³/mol. The highest BCUT2D eigenvalue weighted by Crippen LogP contribution is 2.09. The number of esters is 1.